The lowest BCUT2D eigenvalue weighted by Crippen LogP contribution is -1.95. The number of hydrogen-bond donors (Lipinski definition) is 0. The van der Waals surface area contributed by atoms with Gasteiger partial charge in [0.15, 0.2) is 5.78 Å². The van der Waals surface area contributed by atoms with Crippen LogP contribution in [0.2, 0.25) is 0 Å². The molecule has 0 N–H and O–H groups in total. The fourth-order valence-electron chi connectivity index (χ4n) is 2.24. The number of rotatable bonds is 4. The maximum atomic E-state index is 12.2. The molecule has 0 aliphatic carbocycles. The average molecular weight is 276 g/mol. The van der Waals surface area contributed by atoms with Crippen molar-refractivity contribution >= 4 is 22.6 Å². The number of aryl methyl sites for hydroxylation is 1. The Morgan fingerprint density at radius 2 is 1.95 bits per heavy atom. The highest BCUT2D eigenvalue weighted by atomic mass is 16.1. The molecule has 0 aliphatic rings. The van der Waals surface area contributed by atoms with Crippen LogP contribution in [-0.4, -0.2) is 15.6 Å². The van der Waals surface area contributed by atoms with Crippen LogP contribution < -0.4 is 0 Å². The van der Waals surface area contributed by atoms with Gasteiger partial charge >= 0.3 is 0 Å². The van der Waals surface area contributed by atoms with Gasteiger partial charge in [0, 0.05) is 18.3 Å². The molecule has 0 saturated carbocycles. The highest BCUT2D eigenvalue weighted by Gasteiger charge is 2.03. The monoisotopic (exact) mass is 276 g/mol. The Morgan fingerprint density at radius 3 is 2.71 bits per heavy atom. The Kier molecular flexibility index (Phi) is 3.65. The number of aromatic nitrogens is 2. The Balaban J connectivity index is 1.83. The van der Waals surface area contributed by atoms with Crippen molar-refractivity contribution in [2.75, 3.05) is 0 Å². The van der Waals surface area contributed by atoms with Crippen molar-refractivity contribution in [3.8, 4) is 0 Å². The number of allylic oxidation sites excluding steroid dienone is 1. The Morgan fingerprint density at radius 1 is 1.14 bits per heavy atom. The second-order valence-electron chi connectivity index (χ2n) is 4.86. The van der Waals surface area contributed by atoms with Gasteiger partial charge in [-0.15, -0.1) is 0 Å². The molecule has 0 spiro atoms. The molecule has 0 amide bonds. The molecule has 3 rings (SSSR count). The number of ketones is 1. The van der Waals surface area contributed by atoms with E-state index in [0.29, 0.717) is 5.56 Å². The molecule has 3 heteroatoms. The fourth-order valence-corrected chi connectivity index (χ4v) is 2.24. The van der Waals surface area contributed by atoms with Crippen LogP contribution in [0.25, 0.3) is 16.8 Å². The summed E-state index contributed by atoms with van der Waals surface area (Å²) in [6.45, 7) is 2.85. The van der Waals surface area contributed by atoms with E-state index in [1.807, 2.05) is 66.3 Å². The van der Waals surface area contributed by atoms with E-state index in [1.54, 1.807) is 12.2 Å². The number of carbonyl (C=O) groups is 1. The number of nitrogens with zero attached hydrogens (tertiary/aromatic N) is 2. The molecule has 0 radical (unpaired) electrons. The summed E-state index contributed by atoms with van der Waals surface area (Å²) < 4.78 is 1.83. The zero-order valence-electron chi connectivity index (χ0n) is 11.9. The number of benzene rings is 2. The van der Waals surface area contributed by atoms with E-state index in [1.165, 1.54) is 0 Å². The maximum Gasteiger partial charge on any atom is 0.185 e. The van der Waals surface area contributed by atoms with Crippen molar-refractivity contribution in [3.63, 3.8) is 0 Å². The molecular formula is C18H16N2O. The van der Waals surface area contributed by atoms with Gasteiger partial charge in [-0.1, -0.05) is 36.4 Å². The van der Waals surface area contributed by atoms with E-state index in [9.17, 15) is 4.79 Å². The van der Waals surface area contributed by atoms with Gasteiger partial charge in [-0.3, -0.25) is 9.48 Å². The molecule has 3 aromatic rings. The van der Waals surface area contributed by atoms with E-state index in [2.05, 4.69) is 5.10 Å². The predicted molar refractivity (Wildman–Crippen MR) is 85.2 cm³/mol. The van der Waals surface area contributed by atoms with Gasteiger partial charge in [-0.05, 0) is 42.0 Å². The van der Waals surface area contributed by atoms with Gasteiger partial charge in [0.2, 0.25) is 0 Å². The fraction of sp³-hybridized carbons (Fsp3) is 0.111. The highest BCUT2D eigenvalue weighted by molar-refractivity contribution is 6.08. The van der Waals surface area contributed by atoms with Crippen molar-refractivity contribution in [1.82, 2.24) is 9.78 Å². The summed E-state index contributed by atoms with van der Waals surface area (Å²) >= 11 is 0. The van der Waals surface area contributed by atoms with Gasteiger partial charge in [0.25, 0.3) is 0 Å². The molecule has 0 bridgehead atoms. The first-order valence-corrected chi connectivity index (χ1v) is 7.01. The Bertz CT molecular complexity index is 815. The van der Waals surface area contributed by atoms with Crippen molar-refractivity contribution in [1.29, 1.82) is 0 Å². The van der Waals surface area contributed by atoms with Crippen molar-refractivity contribution in [3.05, 3.63) is 72.1 Å². The lowest BCUT2D eigenvalue weighted by Gasteiger charge is -2.00. The maximum absolute atomic E-state index is 12.2. The first-order valence-electron chi connectivity index (χ1n) is 7.01. The average Bonchev–Trinajstić information content (AvgIpc) is 3.00. The molecule has 0 fully saturated rings. The molecule has 0 aliphatic heterocycles. The summed E-state index contributed by atoms with van der Waals surface area (Å²) in [7, 11) is 0. The first kappa shape index (κ1) is 13.3. The quantitative estimate of drug-likeness (QED) is 0.534. The van der Waals surface area contributed by atoms with Gasteiger partial charge in [-0.25, -0.2) is 0 Å². The molecule has 1 aromatic heterocycles. The minimum Gasteiger partial charge on any atom is -0.289 e. The smallest absolute Gasteiger partial charge is 0.185 e. The van der Waals surface area contributed by atoms with Crippen molar-refractivity contribution < 1.29 is 4.79 Å². The minimum atomic E-state index is -0.00759. The minimum absolute atomic E-state index is 0.00759. The lowest BCUT2D eigenvalue weighted by molar-refractivity contribution is 0.104. The summed E-state index contributed by atoms with van der Waals surface area (Å²) in [5.41, 5.74) is 1.49. The van der Waals surface area contributed by atoms with E-state index >= 15 is 0 Å². The molecule has 104 valence electrons. The van der Waals surface area contributed by atoms with Crippen LogP contribution in [0.1, 0.15) is 23.0 Å². The topological polar surface area (TPSA) is 34.9 Å². The molecule has 21 heavy (non-hydrogen) atoms. The van der Waals surface area contributed by atoms with E-state index in [-0.39, 0.29) is 5.78 Å². The molecule has 1 heterocycles. The normalized spacial score (nSPS) is 11.3. The molecular weight excluding hydrogens is 260 g/mol. The summed E-state index contributed by atoms with van der Waals surface area (Å²) in [5, 5.41) is 6.54. The van der Waals surface area contributed by atoms with Gasteiger partial charge in [0.1, 0.15) is 0 Å². The third-order valence-corrected chi connectivity index (χ3v) is 3.42. The van der Waals surface area contributed by atoms with Crippen LogP contribution in [0.15, 0.2) is 60.8 Å². The largest absolute Gasteiger partial charge is 0.289 e. The molecule has 0 saturated heterocycles. The van der Waals surface area contributed by atoms with E-state index in [4.69, 9.17) is 0 Å². The van der Waals surface area contributed by atoms with Gasteiger partial charge in [-0.2, -0.15) is 5.10 Å². The third-order valence-electron chi connectivity index (χ3n) is 3.42. The summed E-state index contributed by atoms with van der Waals surface area (Å²) in [6, 6.07) is 15.7. The summed E-state index contributed by atoms with van der Waals surface area (Å²) in [5.74, 6) is -0.00759. The SMILES string of the molecule is CCn1ccc(/C=C/C(=O)c2ccc3ccccc3c2)n1. The Hall–Kier alpha value is -2.68. The predicted octanol–water partition coefficient (Wildman–Crippen LogP) is 3.95. The zero-order valence-corrected chi connectivity index (χ0v) is 11.9. The van der Waals surface area contributed by atoms with Crippen LogP contribution in [0.5, 0.6) is 0 Å². The van der Waals surface area contributed by atoms with Crippen molar-refractivity contribution in [2.45, 2.75) is 13.5 Å². The van der Waals surface area contributed by atoms with Crippen LogP contribution in [0.3, 0.4) is 0 Å². The lowest BCUT2D eigenvalue weighted by atomic mass is 10.0. The van der Waals surface area contributed by atoms with Crippen LogP contribution >= 0.6 is 0 Å². The van der Waals surface area contributed by atoms with Crippen LogP contribution in [-0.2, 0) is 6.54 Å². The zero-order chi connectivity index (χ0) is 14.7. The van der Waals surface area contributed by atoms with Crippen molar-refractivity contribution in [2.24, 2.45) is 0 Å². The summed E-state index contributed by atoms with van der Waals surface area (Å²) in [6.07, 6.45) is 5.23. The van der Waals surface area contributed by atoms with E-state index < -0.39 is 0 Å². The summed E-state index contributed by atoms with van der Waals surface area (Å²) in [4.78, 5) is 12.2. The number of hydrogen-bond acceptors (Lipinski definition) is 2. The third kappa shape index (κ3) is 2.92. The Labute approximate surface area is 123 Å². The van der Waals surface area contributed by atoms with E-state index in [0.717, 1.165) is 23.0 Å². The standard InChI is InChI=1S/C18H16N2O/c1-2-20-12-11-17(19-20)9-10-18(21)16-8-7-14-5-3-4-6-15(14)13-16/h3-13H,2H2,1H3/b10-9+. The number of carbonyl (C=O) groups excluding carboxylic acids is 1. The molecule has 0 unspecified atom stereocenters. The second-order valence-corrected chi connectivity index (χ2v) is 4.86. The molecule has 0 atom stereocenters. The molecule has 3 nitrogen and oxygen atoms in total. The van der Waals surface area contributed by atoms with Crippen LogP contribution in [0, 0.1) is 0 Å². The first-order chi connectivity index (χ1) is 10.3. The van der Waals surface area contributed by atoms with Gasteiger partial charge in [0.05, 0.1) is 5.69 Å². The molecule has 2 aromatic carbocycles. The van der Waals surface area contributed by atoms with Crippen LogP contribution in [0.4, 0.5) is 0 Å². The van der Waals surface area contributed by atoms with Gasteiger partial charge < -0.3 is 0 Å². The highest BCUT2D eigenvalue weighted by Crippen LogP contribution is 2.16. The number of fused-ring (bicyclic) bond motifs is 1. The second kappa shape index (κ2) is 5.75.